The van der Waals surface area contributed by atoms with Crippen molar-refractivity contribution in [1.82, 2.24) is 4.90 Å². The van der Waals surface area contributed by atoms with Gasteiger partial charge in [0.2, 0.25) is 11.8 Å². The largest absolute Gasteiger partial charge is 0.444 e. The third-order valence-corrected chi connectivity index (χ3v) is 6.98. The Bertz CT molecular complexity index is 1510. The monoisotopic (exact) mass is 622 g/mol. The number of amides is 3. The normalized spacial score (nSPS) is 14.9. The lowest BCUT2D eigenvalue weighted by Crippen LogP contribution is -2.40. The predicted octanol–water partition coefficient (Wildman–Crippen LogP) is 7.87. The molecule has 3 aromatic rings. The molecule has 0 aromatic heterocycles. The summed E-state index contributed by atoms with van der Waals surface area (Å²) in [5.74, 6) is -0.752. The summed E-state index contributed by atoms with van der Waals surface area (Å²) in [4.78, 5) is 40.4. The van der Waals surface area contributed by atoms with E-state index in [0.29, 0.717) is 11.4 Å². The van der Waals surface area contributed by atoms with Crippen LogP contribution >= 0.6 is 0 Å². The summed E-state index contributed by atoms with van der Waals surface area (Å²) in [6.45, 7) is 6.70. The molecule has 1 fully saturated rings. The molecule has 3 N–H and O–H groups in total. The number of rotatable bonds is 8. The number of anilines is 3. The Balaban J connectivity index is 1.43. The maximum absolute atomic E-state index is 13.5. The average Bonchev–Trinajstić information content (AvgIpc) is 2.97. The van der Waals surface area contributed by atoms with Gasteiger partial charge in [0.15, 0.2) is 0 Å². The Kier molecular flexibility index (Phi) is 10.7. The second kappa shape index (κ2) is 14.4. The number of carbonyl (C=O) groups excluding carboxylic acids is 3. The van der Waals surface area contributed by atoms with Crippen molar-refractivity contribution in [3.63, 3.8) is 0 Å². The van der Waals surface area contributed by atoms with Crippen LogP contribution in [0.5, 0.6) is 0 Å². The van der Waals surface area contributed by atoms with E-state index in [1.165, 1.54) is 18.2 Å². The van der Waals surface area contributed by atoms with Crippen LogP contribution < -0.4 is 16.0 Å². The van der Waals surface area contributed by atoms with Gasteiger partial charge in [-0.3, -0.25) is 19.8 Å². The topological polar surface area (TPSA) is 99.8 Å². The summed E-state index contributed by atoms with van der Waals surface area (Å²) in [5, 5.41) is 8.17. The zero-order chi connectivity index (χ0) is 32.6. The fourth-order valence-electron chi connectivity index (χ4n) is 4.91. The summed E-state index contributed by atoms with van der Waals surface area (Å²) >= 11 is 0. The van der Waals surface area contributed by atoms with Gasteiger partial charge in [0.05, 0.1) is 16.9 Å². The second-order valence-electron chi connectivity index (χ2n) is 11.7. The van der Waals surface area contributed by atoms with E-state index in [-0.39, 0.29) is 11.6 Å². The highest BCUT2D eigenvalue weighted by atomic mass is 19.4. The number of hydrogen-bond donors (Lipinski definition) is 3. The molecule has 1 atom stereocenters. The predicted molar refractivity (Wildman–Crippen MR) is 169 cm³/mol. The number of alkyl halides is 3. The van der Waals surface area contributed by atoms with Crippen LogP contribution in [-0.4, -0.2) is 41.5 Å². The standard InChI is InChI=1S/C34H37F3N4O4/c1-33(2,3)45-32(44)40-28-10-6-5-9-27(28)39-29(42)20-13-23-11-14-24(15-12-23)30(41-21-7-4-8-22-41)31(43)38-26-18-16-25(17-19-26)34(35,36)37/h5-6,9-20,30H,4,7-8,21-22H2,1-3H3,(H,38,43)(H,39,42)(H,40,44)/b20-13+. The van der Waals surface area contributed by atoms with Gasteiger partial charge in [0, 0.05) is 11.8 Å². The molecule has 45 heavy (non-hydrogen) atoms. The van der Waals surface area contributed by atoms with Crippen LogP contribution in [0.25, 0.3) is 6.08 Å². The molecule has 0 radical (unpaired) electrons. The third kappa shape index (κ3) is 9.94. The van der Waals surface area contributed by atoms with Gasteiger partial charge in [-0.15, -0.1) is 0 Å². The van der Waals surface area contributed by atoms with Gasteiger partial charge in [-0.05, 0) is 100 Å². The summed E-state index contributed by atoms with van der Waals surface area (Å²) in [6.07, 6.45) is 0.832. The fraction of sp³-hybridized carbons (Fsp3) is 0.324. The van der Waals surface area contributed by atoms with Crippen LogP contribution in [0.15, 0.2) is 78.9 Å². The van der Waals surface area contributed by atoms with E-state index in [1.807, 2.05) is 12.1 Å². The molecule has 1 aliphatic heterocycles. The van der Waals surface area contributed by atoms with E-state index in [1.54, 1.807) is 63.2 Å². The van der Waals surface area contributed by atoms with Crippen molar-refractivity contribution >= 4 is 41.0 Å². The van der Waals surface area contributed by atoms with Gasteiger partial charge < -0.3 is 15.4 Å². The van der Waals surface area contributed by atoms with E-state index in [4.69, 9.17) is 4.74 Å². The Morgan fingerprint density at radius 2 is 1.40 bits per heavy atom. The van der Waals surface area contributed by atoms with Gasteiger partial charge in [-0.1, -0.05) is 42.8 Å². The summed E-state index contributed by atoms with van der Waals surface area (Å²) in [5.41, 5.74) is 1.05. The highest BCUT2D eigenvalue weighted by molar-refractivity contribution is 6.05. The molecular weight excluding hydrogens is 585 g/mol. The van der Waals surface area contributed by atoms with Crippen molar-refractivity contribution < 1.29 is 32.3 Å². The minimum atomic E-state index is -4.46. The Hall–Kier alpha value is -4.64. The van der Waals surface area contributed by atoms with E-state index < -0.39 is 35.4 Å². The minimum Gasteiger partial charge on any atom is -0.444 e. The molecule has 0 spiro atoms. The van der Waals surface area contributed by atoms with Crippen molar-refractivity contribution in [2.45, 2.75) is 57.9 Å². The van der Waals surface area contributed by atoms with Crippen LogP contribution in [0.4, 0.5) is 35.0 Å². The second-order valence-corrected chi connectivity index (χ2v) is 11.7. The molecule has 1 aliphatic rings. The number of nitrogens with one attached hydrogen (secondary N) is 3. The maximum Gasteiger partial charge on any atom is 0.416 e. The Morgan fingerprint density at radius 3 is 1.98 bits per heavy atom. The maximum atomic E-state index is 13.5. The number of para-hydroxylation sites is 2. The van der Waals surface area contributed by atoms with Crippen molar-refractivity contribution in [3.05, 3.63) is 95.6 Å². The molecule has 0 bridgehead atoms. The summed E-state index contributed by atoms with van der Waals surface area (Å²) < 4.78 is 44.2. The molecule has 11 heteroatoms. The first-order valence-corrected chi connectivity index (χ1v) is 14.7. The lowest BCUT2D eigenvalue weighted by molar-refractivity contribution is -0.137. The van der Waals surface area contributed by atoms with Crippen molar-refractivity contribution in [1.29, 1.82) is 0 Å². The van der Waals surface area contributed by atoms with Crippen LogP contribution in [-0.2, 0) is 20.5 Å². The lowest BCUT2D eigenvalue weighted by Gasteiger charge is -2.34. The SMILES string of the molecule is CC(C)(C)OC(=O)Nc1ccccc1NC(=O)/C=C/c1ccc(C(C(=O)Nc2ccc(C(F)(F)F)cc2)N2CCCCC2)cc1. The number of carbonyl (C=O) groups is 3. The molecule has 3 aromatic carbocycles. The highest BCUT2D eigenvalue weighted by Crippen LogP contribution is 2.31. The van der Waals surface area contributed by atoms with E-state index in [0.717, 1.165) is 55.6 Å². The number of piperidine rings is 1. The number of hydrogen-bond acceptors (Lipinski definition) is 5. The van der Waals surface area contributed by atoms with Crippen molar-refractivity contribution in [2.75, 3.05) is 29.0 Å². The molecule has 0 saturated carbocycles. The van der Waals surface area contributed by atoms with E-state index in [2.05, 4.69) is 20.9 Å². The average molecular weight is 623 g/mol. The van der Waals surface area contributed by atoms with Crippen LogP contribution in [0.1, 0.15) is 62.8 Å². The third-order valence-electron chi connectivity index (χ3n) is 6.98. The minimum absolute atomic E-state index is 0.281. The number of halogens is 3. The molecule has 238 valence electrons. The first kappa shape index (κ1) is 33.3. The first-order valence-electron chi connectivity index (χ1n) is 14.7. The zero-order valence-corrected chi connectivity index (χ0v) is 25.4. The smallest absolute Gasteiger partial charge is 0.416 e. The Labute approximate surface area is 260 Å². The molecule has 0 aliphatic carbocycles. The molecule has 1 unspecified atom stereocenters. The molecule has 3 amide bonds. The molecule has 1 heterocycles. The lowest BCUT2D eigenvalue weighted by atomic mass is 9.99. The summed E-state index contributed by atoms with van der Waals surface area (Å²) in [6, 6.07) is 17.7. The summed E-state index contributed by atoms with van der Waals surface area (Å²) in [7, 11) is 0. The highest BCUT2D eigenvalue weighted by Gasteiger charge is 2.31. The van der Waals surface area contributed by atoms with Crippen LogP contribution in [0.2, 0.25) is 0 Å². The number of benzene rings is 3. The van der Waals surface area contributed by atoms with Crippen molar-refractivity contribution in [3.8, 4) is 0 Å². The number of nitrogens with zero attached hydrogens (tertiary/aromatic N) is 1. The molecule has 8 nitrogen and oxygen atoms in total. The van der Waals surface area contributed by atoms with Crippen LogP contribution in [0, 0.1) is 0 Å². The molecule has 4 rings (SSSR count). The molecule has 1 saturated heterocycles. The zero-order valence-electron chi connectivity index (χ0n) is 25.4. The van der Waals surface area contributed by atoms with Gasteiger partial charge in [0.1, 0.15) is 11.6 Å². The molecular formula is C34H37F3N4O4. The van der Waals surface area contributed by atoms with E-state index in [9.17, 15) is 27.6 Å². The Morgan fingerprint density at radius 1 is 0.800 bits per heavy atom. The van der Waals surface area contributed by atoms with Gasteiger partial charge in [-0.2, -0.15) is 13.2 Å². The quantitative estimate of drug-likeness (QED) is 0.222. The fourth-order valence-corrected chi connectivity index (χ4v) is 4.91. The van der Waals surface area contributed by atoms with E-state index >= 15 is 0 Å². The number of likely N-dealkylation sites (tertiary alicyclic amines) is 1. The number of ether oxygens (including phenoxy) is 1. The first-order chi connectivity index (χ1) is 21.3. The van der Waals surface area contributed by atoms with Crippen molar-refractivity contribution in [2.24, 2.45) is 0 Å². The van der Waals surface area contributed by atoms with Crippen LogP contribution in [0.3, 0.4) is 0 Å². The van der Waals surface area contributed by atoms with Gasteiger partial charge in [-0.25, -0.2) is 4.79 Å². The van der Waals surface area contributed by atoms with Gasteiger partial charge in [0.25, 0.3) is 0 Å². The van der Waals surface area contributed by atoms with Gasteiger partial charge >= 0.3 is 12.3 Å².